The summed E-state index contributed by atoms with van der Waals surface area (Å²) in [6, 6.07) is 0. The molecule has 1 aromatic rings. The molecule has 1 aromatic heterocycles. The Morgan fingerprint density at radius 2 is 2.73 bits per heavy atom. The molecular weight excluding hydrogens is 144 g/mol. The second-order valence-electron chi connectivity index (χ2n) is 1.94. The molecule has 0 saturated heterocycles. The fraction of sp³-hybridized carbons (Fsp3) is 0.333. The van der Waals surface area contributed by atoms with Gasteiger partial charge in [0.15, 0.2) is 12.4 Å². The van der Waals surface area contributed by atoms with Crippen molar-refractivity contribution < 1.29 is 4.42 Å². The summed E-state index contributed by atoms with van der Waals surface area (Å²) in [5.74, 6) is 0.396. The largest absolute Gasteiger partial charge is 0.451 e. The SMILES string of the molecule is CN=C(N)NCc1cocn1. The number of hydrogen-bond donors (Lipinski definition) is 2. The highest BCUT2D eigenvalue weighted by Crippen LogP contribution is 1.91. The van der Waals surface area contributed by atoms with E-state index < -0.39 is 0 Å². The molecule has 0 aliphatic carbocycles. The maximum absolute atomic E-state index is 5.37. The van der Waals surface area contributed by atoms with Gasteiger partial charge < -0.3 is 15.5 Å². The van der Waals surface area contributed by atoms with Crippen LogP contribution >= 0.6 is 0 Å². The molecule has 5 nitrogen and oxygen atoms in total. The Hall–Kier alpha value is -1.52. The first kappa shape index (κ1) is 7.59. The molecule has 0 amide bonds. The highest BCUT2D eigenvalue weighted by molar-refractivity contribution is 5.77. The van der Waals surface area contributed by atoms with Gasteiger partial charge in [-0.1, -0.05) is 0 Å². The summed E-state index contributed by atoms with van der Waals surface area (Å²) in [7, 11) is 1.62. The molecule has 0 spiro atoms. The van der Waals surface area contributed by atoms with Gasteiger partial charge in [-0.15, -0.1) is 0 Å². The van der Waals surface area contributed by atoms with Crippen molar-refractivity contribution in [2.75, 3.05) is 7.05 Å². The third-order valence-corrected chi connectivity index (χ3v) is 1.17. The van der Waals surface area contributed by atoms with Crippen molar-refractivity contribution in [3.05, 3.63) is 18.4 Å². The van der Waals surface area contributed by atoms with Crippen molar-refractivity contribution in [2.45, 2.75) is 6.54 Å². The average molecular weight is 154 g/mol. The third kappa shape index (κ3) is 2.29. The predicted octanol–water partition coefficient (Wildman–Crippen LogP) is -0.291. The molecule has 0 saturated carbocycles. The molecule has 60 valence electrons. The molecule has 0 fully saturated rings. The van der Waals surface area contributed by atoms with Crippen molar-refractivity contribution in [2.24, 2.45) is 10.7 Å². The van der Waals surface area contributed by atoms with E-state index in [1.54, 1.807) is 13.3 Å². The van der Waals surface area contributed by atoms with Crippen LogP contribution in [0.15, 0.2) is 22.1 Å². The first-order chi connectivity index (χ1) is 5.33. The molecular formula is C6H10N4O. The van der Waals surface area contributed by atoms with E-state index in [1.165, 1.54) is 6.39 Å². The van der Waals surface area contributed by atoms with Gasteiger partial charge in [0.1, 0.15) is 6.26 Å². The van der Waals surface area contributed by atoms with E-state index in [0.29, 0.717) is 12.5 Å². The van der Waals surface area contributed by atoms with Gasteiger partial charge in [0.2, 0.25) is 0 Å². The fourth-order valence-corrected chi connectivity index (χ4v) is 0.585. The second kappa shape index (κ2) is 3.60. The van der Waals surface area contributed by atoms with E-state index >= 15 is 0 Å². The van der Waals surface area contributed by atoms with Crippen molar-refractivity contribution in [3.63, 3.8) is 0 Å². The van der Waals surface area contributed by atoms with Crippen LogP contribution in [0, 0.1) is 0 Å². The number of nitrogens with zero attached hydrogens (tertiary/aromatic N) is 2. The van der Waals surface area contributed by atoms with E-state index in [4.69, 9.17) is 10.2 Å². The minimum atomic E-state index is 0.396. The Labute approximate surface area is 64.3 Å². The van der Waals surface area contributed by atoms with Crippen LogP contribution in [0.2, 0.25) is 0 Å². The summed E-state index contributed by atoms with van der Waals surface area (Å²) in [5, 5.41) is 2.84. The van der Waals surface area contributed by atoms with Gasteiger partial charge in [-0.2, -0.15) is 0 Å². The topological polar surface area (TPSA) is 76.4 Å². The molecule has 0 atom stereocenters. The van der Waals surface area contributed by atoms with Gasteiger partial charge in [-0.05, 0) is 0 Å². The van der Waals surface area contributed by atoms with Gasteiger partial charge >= 0.3 is 0 Å². The smallest absolute Gasteiger partial charge is 0.188 e. The highest BCUT2D eigenvalue weighted by Gasteiger charge is 1.94. The van der Waals surface area contributed by atoms with E-state index in [-0.39, 0.29) is 0 Å². The number of oxazole rings is 1. The van der Waals surface area contributed by atoms with Crippen LogP contribution in [0.3, 0.4) is 0 Å². The maximum Gasteiger partial charge on any atom is 0.188 e. The summed E-state index contributed by atoms with van der Waals surface area (Å²) in [5.41, 5.74) is 6.17. The lowest BCUT2D eigenvalue weighted by atomic mass is 10.5. The van der Waals surface area contributed by atoms with Gasteiger partial charge in [0.05, 0.1) is 12.2 Å². The van der Waals surface area contributed by atoms with Crippen LogP contribution in [0.5, 0.6) is 0 Å². The maximum atomic E-state index is 5.37. The normalized spacial score (nSPS) is 11.5. The third-order valence-electron chi connectivity index (χ3n) is 1.17. The van der Waals surface area contributed by atoms with Gasteiger partial charge in [0, 0.05) is 7.05 Å². The van der Waals surface area contributed by atoms with Gasteiger partial charge in [-0.3, -0.25) is 4.99 Å². The highest BCUT2D eigenvalue weighted by atomic mass is 16.3. The fourth-order valence-electron chi connectivity index (χ4n) is 0.585. The molecule has 1 rings (SSSR count). The molecule has 0 aromatic carbocycles. The molecule has 0 unspecified atom stereocenters. The lowest BCUT2D eigenvalue weighted by Crippen LogP contribution is -2.30. The first-order valence-corrected chi connectivity index (χ1v) is 3.16. The molecule has 0 aliphatic heterocycles. The van der Waals surface area contributed by atoms with Crippen molar-refractivity contribution >= 4 is 5.96 Å². The average Bonchev–Trinajstić information content (AvgIpc) is 2.52. The quantitative estimate of drug-likeness (QED) is 0.453. The zero-order valence-corrected chi connectivity index (χ0v) is 6.24. The van der Waals surface area contributed by atoms with Gasteiger partial charge in [0.25, 0.3) is 0 Å². The van der Waals surface area contributed by atoms with Crippen molar-refractivity contribution in [1.29, 1.82) is 0 Å². The molecule has 0 aliphatic rings. The standard InChI is InChI=1S/C6H10N4O/c1-8-6(7)9-2-5-3-11-4-10-5/h3-4H,2H2,1H3,(H3,7,8,9). The first-order valence-electron chi connectivity index (χ1n) is 3.16. The van der Waals surface area contributed by atoms with Crippen molar-refractivity contribution in [3.8, 4) is 0 Å². The van der Waals surface area contributed by atoms with E-state index in [2.05, 4.69) is 15.3 Å². The number of aliphatic imine (C=N–C) groups is 1. The molecule has 1 heterocycles. The second-order valence-corrected chi connectivity index (χ2v) is 1.94. The molecule has 0 radical (unpaired) electrons. The van der Waals surface area contributed by atoms with Crippen LogP contribution in [0.25, 0.3) is 0 Å². The number of nitrogens with two attached hydrogens (primary N) is 1. The molecule has 3 N–H and O–H groups in total. The lowest BCUT2D eigenvalue weighted by molar-refractivity contribution is 0.556. The minimum absolute atomic E-state index is 0.396. The van der Waals surface area contributed by atoms with Crippen molar-refractivity contribution in [1.82, 2.24) is 10.3 Å². The van der Waals surface area contributed by atoms with Crippen LogP contribution < -0.4 is 11.1 Å². The molecule has 11 heavy (non-hydrogen) atoms. The number of aromatic nitrogens is 1. The predicted molar refractivity (Wildman–Crippen MR) is 40.9 cm³/mol. The Morgan fingerprint density at radius 3 is 3.27 bits per heavy atom. The van der Waals surface area contributed by atoms with Gasteiger partial charge in [-0.25, -0.2) is 4.98 Å². The van der Waals surface area contributed by atoms with Crippen LogP contribution in [0.4, 0.5) is 0 Å². The Morgan fingerprint density at radius 1 is 1.91 bits per heavy atom. The van der Waals surface area contributed by atoms with Crippen LogP contribution in [-0.4, -0.2) is 18.0 Å². The summed E-state index contributed by atoms with van der Waals surface area (Å²) in [4.78, 5) is 7.60. The zero-order chi connectivity index (χ0) is 8.10. The van der Waals surface area contributed by atoms with E-state index in [1.807, 2.05) is 0 Å². The number of guanidine groups is 1. The number of nitrogens with one attached hydrogen (secondary N) is 1. The Kier molecular flexibility index (Phi) is 2.48. The number of rotatable bonds is 2. The van der Waals surface area contributed by atoms with E-state index in [0.717, 1.165) is 5.69 Å². The zero-order valence-electron chi connectivity index (χ0n) is 6.24. The minimum Gasteiger partial charge on any atom is -0.451 e. The number of hydrogen-bond acceptors (Lipinski definition) is 3. The molecule has 0 bridgehead atoms. The lowest BCUT2D eigenvalue weighted by Gasteiger charge is -1.99. The summed E-state index contributed by atoms with van der Waals surface area (Å²) < 4.78 is 4.75. The van der Waals surface area contributed by atoms with Crippen LogP contribution in [0.1, 0.15) is 5.69 Å². The Balaban J connectivity index is 2.35. The summed E-state index contributed by atoms with van der Waals surface area (Å²) >= 11 is 0. The summed E-state index contributed by atoms with van der Waals surface area (Å²) in [6.07, 6.45) is 2.92. The van der Waals surface area contributed by atoms with E-state index in [9.17, 15) is 0 Å². The molecule has 5 heteroatoms. The van der Waals surface area contributed by atoms with Crippen LogP contribution in [-0.2, 0) is 6.54 Å². The Bertz CT molecular complexity index is 229. The monoisotopic (exact) mass is 154 g/mol. The summed E-state index contributed by atoms with van der Waals surface area (Å²) in [6.45, 7) is 0.541.